The van der Waals surface area contributed by atoms with Crippen molar-refractivity contribution in [3.8, 4) is 5.69 Å². The molecule has 1 aromatic carbocycles. The van der Waals surface area contributed by atoms with Gasteiger partial charge in [-0.05, 0) is 68.2 Å². The molecule has 1 fully saturated rings. The summed E-state index contributed by atoms with van der Waals surface area (Å²) in [5, 5.41) is 12.5. The van der Waals surface area contributed by atoms with Crippen LogP contribution in [0.15, 0.2) is 29.4 Å². The summed E-state index contributed by atoms with van der Waals surface area (Å²) >= 11 is 1.40. The summed E-state index contributed by atoms with van der Waals surface area (Å²) in [6.45, 7) is 6.30. The summed E-state index contributed by atoms with van der Waals surface area (Å²) in [6, 6.07) is 8.62. The van der Waals surface area contributed by atoms with Gasteiger partial charge in [0.25, 0.3) is 0 Å². The van der Waals surface area contributed by atoms with Crippen LogP contribution < -0.4 is 0 Å². The van der Waals surface area contributed by atoms with E-state index >= 15 is 0 Å². The van der Waals surface area contributed by atoms with Crippen molar-refractivity contribution in [1.82, 2.24) is 25.1 Å². The van der Waals surface area contributed by atoms with Crippen molar-refractivity contribution in [2.24, 2.45) is 0 Å². The molecule has 2 heterocycles. The minimum absolute atomic E-state index is 0.165. The van der Waals surface area contributed by atoms with Gasteiger partial charge < -0.3 is 4.90 Å². The number of hydrogen-bond acceptors (Lipinski definition) is 5. The average Bonchev–Trinajstić information content (AvgIpc) is 3.01. The fraction of sp³-hybridized carbons (Fsp3) is 0.529. The Hall–Kier alpha value is -1.89. The van der Waals surface area contributed by atoms with Gasteiger partial charge in [0.05, 0.1) is 11.4 Å². The maximum absolute atomic E-state index is 12.6. The van der Waals surface area contributed by atoms with Crippen molar-refractivity contribution in [2.75, 3.05) is 5.75 Å². The molecule has 0 bridgehead atoms. The fourth-order valence-corrected chi connectivity index (χ4v) is 4.06. The highest BCUT2D eigenvalue weighted by atomic mass is 32.2. The molecule has 2 unspecified atom stereocenters. The number of aromatic nitrogens is 4. The lowest BCUT2D eigenvalue weighted by Gasteiger charge is -2.39. The van der Waals surface area contributed by atoms with Crippen LogP contribution in [-0.4, -0.2) is 48.9 Å². The molecule has 2 atom stereocenters. The Morgan fingerprint density at radius 1 is 1.29 bits per heavy atom. The largest absolute Gasteiger partial charge is 0.337 e. The maximum Gasteiger partial charge on any atom is 0.233 e. The van der Waals surface area contributed by atoms with Gasteiger partial charge in [0, 0.05) is 12.1 Å². The second-order valence-corrected chi connectivity index (χ2v) is 7.37. The molecule has 2 aromatic rings. The normalized spacial score (nSPS) is 21.0. The van der Waals surface area contributed by atoms with Crippen LogP contribution in [0.3, 0.4) is 0 Å². The first-order chi connectivity index (χ1) is 11.6. The number of tetrazole rings is 1. The van der Waals surface area contributed by atoms with E-state index in [0.717, 1.165) is 24.1 Å². The number of rotatable bonds is 4. The lowest BCUT2D eigenvalue weighted by molar-refractivity contribution is -0.134. The topological polar surface area (TPSA) is 63.9 Å². The van der Waals surface area contributed by atoms with E-state index in [9.17, 15) is 4.79 Å². The summed E-state index contributed by atoms with van der Waals surface area (Å²) in [7, 11) is 0. The molecule has 0 N–H and O–H groups in total. The van der Waals surface area contributed by atoms with Gasteiger partial charge in [-0.3, -0.25) is 4.79 Å². The first-order valence-electron chi connectivity index (χ1n) is 8.35. The van der Waals surface area contributed by atoms with Crippen LogP contribution in [0.4, 0.5) is 0 Å². The van der Waals surface area contributed by atoms with Crippen molar-refractivity contribution in [3.63, 3.8) is 0 Å². The third kappa shape index (κ3) is 3.61. The van der Waals surface area contributed by atoms with Gasteiger partial charge in [0.1, 0.15) is 0 Å². The van der Waals surface area contributed by atoms with Crippen LogP contribution in [0.5, 0.6) is 0 Å². The van der Waals surface area contributed by atoms with Crippen LogP contribution in [0.2, 0.25) is 0 Å². The van der Waals surface area contributed by atoms with E-state index in [-0.39, 0.29) is 5.91 Å². The van der Waals surface area contributed by atoms with Gasteiger partial charge in [-0.1, -0.05) is 23.9 Å². The molecule has 1 aliphatic heterocycles. The molecule has 24 heavy (non-hydrogen) atoms. The van der Waals surface area contributed by atoms with Gasteiger partial charge in [0.2, 0.25) is 11.1 Å². The number of thioether (sulfide) groups is 1. The molecule has 1 aliphatic rings. The van der Waals surface area contributed by atoms with Crippen LogP contribution in [-0.2, 0) is 4.79 Å². The molecule has 3 rings (SSSR count). The molecule has 1 aromatic heterocycles. The van der Waals surface area contributed by atoms with E-state index in [2.05, 4.69) is 29.4 Å². The number of hydrogen-bond donors (Lipinski definition) is 0. The van der Waals surface area contributed by atoms with E-state index in [4.69, 9.17) is 0 Å². The molecule has 0 saturated carbocycles. The highest BCUT2D eigenvalue weighted by Gasteiger charge is 2.29. The van der Waals surface area contributed by atoms with Crippen molar-refractivity contribution >= 4 is 17.7 Å². The third-order valence-corrected chi connectivity index (χ3v) is 5.40. The maximum atomic E-state index is 12.6. The Bertz CT molecular complexity index is 707. The minimum Gasteiger partial charge on any atom is -0.337 e. The van der Waals surface area contributed by atoms with Crippen LogP contribution in [0.25, 0.3) is 5.69 Å². The lowest BCUT2D eigenvalue weighted by atomic mass is 9.98. The molecule has 6 nitrogen and oxygen atoms in total. The molecule has 0 radical (unpaired) electrons. The lowest BCUT2D eigenvalue weighted by Crippen LogP contribution is -2.48. The van der Waals surface area contributed by atoms with E-state index < -0.39 is 0 Å². The van der Waals surface area contributed by atoms with Gasteiger partial charge >= 0.3 is 0 Å². The number of likely N-dealkylation sites (tertiary alicyclic amines) is 1. The van der Waals surface area contributed by atoms with Crippen LogP contribution in [0.1, 0.15) is 38.7 Å². The summed E-state index contributed by atoms with van der Waals surface area (Å²) in [4.78, 5) is 14.7. The highest BCUT2D eigenvalue weighted by Crippen LogP contribution is 2.25. The van der Waals surface area contributed by atoms with Crippen LogP contribution in [0, 0.1) is 6.92 Å². The number of benzene rings is 1. The van der Waals surface area contributed by atoms with E-state index in [1.54, 1.807) is 4.68 Å². The van der Waals surface area contributed by atoms with Crippen molar-refractivity contribution in [2.45, 2.75) is 57.3 Å². The van der Waals surface area contributed by atoms with Gasteiger partial charge in [-0.15, -0.1) is 5.10 Å². The highest BCUT2D eigenvalue weighted by molar-refractivity contribution is 7.99. The van der Waals surface area contributed by atoms with Gasteiger partial charge in [-0.25, -0.2) is 0 Å². The predicted molar refractivity (Wildman–Crippen MR) is 94.2 cm³/mol. The SMILES string of the molecule is Cc1cccc(-n2nnnc2SCC(=O)N2C(C)CCCC2C)c1. The Balaban J connectivity index is 1.69. The number of amides is 1. The Kier molecular flexibility index (Phi) is 5.18. The zero-order valence-corrected chi connectivity index (χ0v) is 15.2. The summed E-state index contributed by atoms with van der Waals surface area (Å²) in [6.07, 6.45) is 3.37. The molecule has 1 saturated heterocycles. The monoisotopic (exact) mass is 345 g/mol. The van der Waals surface area contributed by atoms with Crippen molar-refractivity contribution < 1.29 is 4.79 Å². The average molecular weight is 345 g/mol. The molecule has 1 amide bonds. The van der Waals surface area contributed by atoms with Crippen molar-refractivity contribution in [1.29, 1.82) is 0 Å². The summed E-state index contributed by atoms with van der Waals surface area (Å²) in [5.41, 5.74) is 2.06. The zero-order chi connectivity index (χ0) is 17.1. The fourth-order valence-electron chi connectivity index (χ4n) is 3.30. The van der Waals surface area contributed by atoms with Crippen molar-refractivity contribution in [3.05, 3.63) is 29.8 Å². The standard InChI is InChI=1S/C17H23N5OS/c1-12-6-4-9-15(10-12)22-17(18-19-20-22)24-11-16(23)21-13(2)7-5-8-14(21)3/h4,6,9-10,13-14H,5,7-8,11H2,1-3H3. The number of carbonyl (C=O) groups is 1. The summed E-state index contributed by atoms with van der Waals surface area (Å²) in [5.74, 6) is 0.527. The number of carbonyl (C=O) groups excluding carboxylic acids is 1. The van der Waals surface area contributed by atoms with Gasteiger partial charge in [-0.2, -0.15) is 4.68 Å². The smallest absolute Gasteiger partial charge is 0.233 e. The number of piperidine rings is 1. The second-order valence-electron chi connectivity index (χ2n) is 6.43. The molecular weight excluding hydrogens is 322 g/mol. The molecular formula is C17H23N5OS. The Morgan fingerprint density at radius 3 is 2.75 bits per heavy atom. The first kappa shape index (κ1) is 17.0. The molecule has 128 valence electrons. The van der Waals surface area contributed by atoms with E-state index in [0.29, 0.717) is 23.0 Å². The molecule has 0 spiro atoms. The van der Waals surface area contributed by atoms with E-state index in [1.165, 1.54) is 18.2 Å². The summed E-state index contributed by atoms with van der Waals surface area (Å²) < 4.78 is 1.69. The number of aryl methyl sites for hydroxylation is 1. The Morgan fingerprint density at radius 2 is 2.04 bits per heavy atom. The van der Waals surface area contributed by atoms with E-state index in [1.807, 2.05) is 36.1 Å². The second kappa shape index (κ2) is 7.34. The zero-order valence-electron chi connectivity index (χ0n) is 14.3. The van der Waals surface area contributed by atoms with Crippen LogP contribution >= 0.6 is 11.8 Å². The minimum atomic E-state index is 0.165. The number of nitrogens with zero attached hydrogens (tertiary/aromatic N) is 5. The molecule has 7 heteroatoms. The first-order valence-corrected chi connectivity index (χ1v) is 9.34. The predicted octanol–water partition coefficient (Wildman–Crippen LogP) is 2.85. The Labute approximate surface area is 146 Å². The quantitative estimate of drug-likeness (QED) is 0.797. The molecule has 0 aliphatic carbocycles. The van der Waals surface area contributed by atoms with Gasteiger partial charge in [0.15, 0.2) is 0 Å². The third-order valence-electron chi connectivity index (χ3n) is 4.49.